The zero-order valence-corrected chi connectivity index (χ0v) is 20.3. The molecule has 0 saturated carbocycles. The molecular weight excluding hydrogens is 450 g/mol. The Morgan fingerprint density at radius 2 is 1.89 bits per heavy atom. The van der Waals surface area contributed by atoms with Crippen LogP contribution < -0.4 is 20.9 Å². The lowest BCUT2D eigenvalue weighted by Crippen LogP contribution is -2.54. The van der Waals surface area contributed by atoms with E-state index in [1.165, 1.54) is 18.5 Å². The van der Waals surface area contributed by atoms with Gasteiger partial charge in [0.25, 0.3) is 0 Å². The number of fused-ring (bicyclic) bond motifs is 2. The van der Waals surface area contributed by atoms with Gasteiger partial charge in [0.2, 0.25) is 0 Å². The summed E-state index contributed by atoms with van der Waals surface area (Å²) in [7, 11) is 0. The molecule has 5 heterocycles. The van der Waals surface area contributed by atoms with E-state index in [4.69, 9.17) is 5.73 Å². The number of nitrogens with two attached hydrogens (primary N) is 1. The second-order valence-electron chi connectivity index (χ2n) is 9.91. The molecule has 8 nitrogen and oxygen atoms in total. The van der Waals surface area contributed by atoms with Crippen LogP contribution in [0.1, 0.15) is 37.8 Å². The molecule has 1 aromatic carbocycles. The fourth-order valence-electron chi connectivity index (χ4n) is 5.83. The van der Waals surface area contributed by atoms with Crippen molar-refractivity contribution in [2.45, 2.75) is 50.2 Å². The topological polar surface area (TPSA) is 103 Å². The summed E-state index contributed by atoms with van der Waals surface area (Å²) in [6, 6.07) is 14.6. The van der Waals surface area contributed by atoms with Gasteiger partial charge in [-0.2, -0.15) is 0 Å². The number of rotatable bonds is 4. The van der Waals surface area contributed by atoms with Crippen LogP contribution in [0.3, 0.4) is 0 Å². The maximum atomic E-state index is 10.3. The number of hydrogen-bond acceptors (Lipinski definition) is 8. The number of piperazine rings is 1. The second-order valence-corrected chi connectivity index (χ2v) is 9.91. The maximum Gasteiger partial charge on any atom is 0.169 e. The van der Waals surface area contributed by atoms with Crippen molar-refractivity contribution in [2.24, 2.45) is 0 Å². The Bertz CT molecular complexity index is 1300. The SMILES string of the molecule is Nc1nnc(-c2ccccc2O)cc1N1CC2CCC(C1)N2c1ccnc(C#CCC2CCCN2)c1. The number of phenolic OH excluding ortho intramolecular Hbond substituents is 1. The third-order valence-corrected chi connectivity index (χ3v) is 7.57. The van der Waals surface area contributed by atoms with Gasteiger partial charge in [0.15, 0.2) is 5.82 Å². The van der Waals surface area contributed by atoms with Gasteiger partial charge in [-0.25, -0.2) is 4.98 Å². The Kier molecular flexibility index (Phi) is 6.08. The van der Waals surface area contributed by atoms with E-state index in [0.29, 0.717) is 35.2 Å². The van der Waals surface area contributed by atoms with Crippen LogP contribution in [0.4, 0.5) is 17.2 Å². The fourth-order valence-corrected chi connectivity index (χ4v) is 5.83. The molecule has 3 aliphatic rings. The van der Waals surface area contributed by atoms with E-state index in [-0.39, 0.29) is 5.75 Å². The number of nitrogen functional groups attached to an aromatic ring is 1. The number of para-hydroxylation sites is 1. The molecule has 4 N–H and O–H groups in total. The van der Waals surface area contributed by atoms with Gasteiger partial charge in [-0.15, -0.1) is 10.2 Å². The van der Waals surface area contributed by atoms with Gasteiger partial charge in [-0.05, 0) is 68.5 Å². The smallest absolute Gasteiger partial charge is 0.169 e. The van der Waals surface area contributed by atoms with Crippen molar-refractivity contribution in [3.05, 3.63) is 54.4 Å². The highest BCUT2D eigenvalue weighted by Gasteiger charge is 2.40. The number of nitrogens with zero attached hydrogens (tertiary/aromatic N) is 5. The lowest BCUT2D eigenvalue weighted by molar-refractivity contribution is 0.477. The molecule has 36 heavy (non-hydrogen) atoms. The summed E-state index contributed by atoms with van der Waals surface area (Å²) in [5.74, 6) is 7.20. The highest BCUT2D eigenvalue weighted by Crippen LogP contribution is 2.38. The molecule has 6 rings (SSSR count). The van der Waals surface area contributed by atoms with Crippen LogP contribution in [-0.2, 0) is 0 Å². The summed E-state index contributed by atoms with van der Waals surface area (Å²) >= 11 is 0. The summed E-state index contributed by atoms with van der Waals surface area (Å²) in [6.07, 6.45) is 7.46. The van der Waals surface area contributed by atoms with Gasteiger partial charge in [0, 0.05) is 55.1 Å². The summed E-state index contributed by atoms with van der Waals surface area (Å²) in [6.45, 7) is 2.80. The minimum atomic E-state index is 0.184. The molecule has 184 valence electrons. The Hall–Kier alpha value is -3.83. The predicted molar refractivity (Wildman–Crippen MR) is 142 cm³/mol. The summed E-state index contributed by atoms with van der Waals surface area (Å²) in [5.41, 5.74) is 10.5. The Morgan fingerprint density at radius 3 is 2.67 bits per heavy atom. The van der Waals surface area contributed by atoms with E-state index in [9.17, 15) is 5.11 Å². The fraction of sp³-hybridized carbons (Fsp3) is 0.393. The standard InChI is InChI=1S/C28H31N7O/c29-28-26(16-25(32-33-28)24-8-1-2-9-27(24)36)34-17-22-10-11-23(18-34)35(22)21-12-14-31-20(15-21)6-3-5-19-7-4-13-30-19/h1-2,8-9,12,14-16,19,22-23,30,36H,4-5,7,10-11,13,17-18H2,(H2,29,33). The molecule has 3 saturated heterocycles. The minimum absolute atomic E-state index is 0.184. The quantitative estimate of drug-likeness (QED) is 0.488. The highest BCUT2D eigenvalue weighted by molar-refractivity contribution is 5.74. The van der Waals surface area contributed by atoms with E-state index in [2.05, 4.69) is 54.3 Å². The van der Waals surface area contributed by atoms with Crippen LogP contribution in [0, 0.1) is 11.8 Å². The Balaban J connectivity index is 1.20. The van der Waals surface area contributed by atoms with Crippen LogP contribution in [-0.4, -0.2) is 58.0 Å². The summed E-state index contributed by atoms with van der Waals surface area (Å²) in [4.78, 5) is 9.37. The van der Waals surface area contributed by atoms with E-state index >= 15 is 0 Å². The molecule has 3 unspecified atom stereocenters. The van der Waals surface area contributed by atoms with Gasteiger partial charge in [-0.3, -0.25) is 0 Å². The van der Waals surface area contributed by atoms with Crippen molar-refractivity contribution in [1.82, 2.24) is 20.5 Å². The maximum absolute atomic E-state index is 10.3. The van der Waals surface area contributed by atoms with Gasteiger partial charge in [0.1, 0.15) is 11.4 Å². The molecule has 0 amide bonds. The molecule has 3 aromatic rings. The van der Waals surface area contributed by atoms with Gasteiger partial charge < -0.3 is 26.0 Å². The lowest BCUT2D eigenvalue weighted by Gasteiger charge is -2.43. The molecule has 0 aliphatic carbocycles. The molecule has 8 heteroatoms. The van der Waals surface area contributed by atoms with Crippen molar-refractivity contribution < 1.29 is 5.11 Å². The van der Waals surface area contributed by atoms with Crippen molar-refractivity contribution in [2.75, 3.05) is 35.2 Å². The van der Waals surface area contributed by atoms with Crippen LogP contribution in [0.2, 0.25) is 0 Å². The van der Waals surface area contributed by atoms with Crippen molar-refractivity contribution in [3.8, 4) is 28.8 Å². The van der Waals surface area contributed by atoms with Crippen LogP contribution in [0.25, 0.3) is 11.3 Å². The molecule has 3 fully saturated rings. The largest absolute Gasteiger partial charge is 0.507 e. The second kappa shape index (κ2) is 9.67. The van der Waals surface area contributed by atoms with Crippen LogP contribution in [0.15, 0.2) is 48.7 Å². The van der Waals surface area contributed by atoms with E-state index < -0.39 is 0 Å². The summed E-state index contributed by atoms with van der Waals surface area (Å²) in [5, 5.41) is 22.2. The molecule has 3 aliphatic heterocycles. The molecular formula is C28H31N7O. The number of nitrogens with one attached hydrogen (secondary N) is 1. The van der Waals surface area contributed by atoms with Crippen molar-refractivity contribution in [3.63, 3.8) is 0 Å². The number of pyridine rings is 1. The van der Waals surface area contributed by atoms with E-state index in [0.717, 1.165) is 50.3 Å². The average molecular weight is 482 g/mol. The summed E-state index contributed by atoms with van der Waals surface area (Å²) < 4.78 is 0. The molecule has 2 bridgehead atoms. The molecule has 0 spiro atoms. The van der Waals surface area contributed by atoms with Gasteiger partial charge >= 0.3 is 0 Å². The molecule has 2 aromatic heterocycles. The zero-order chi connectivity index (χ0) is 24.5. The Morgan fingerprint density at radius 1 is 1.06 bits per heavy atom. The number of aromatic nitrogens is 3. The highest BCUT2D eigenvalue weighted by atomic mass is 16.3. The van der Waals surface area contributed by atoms with Crippen LogP contribution >= 0.6 is 0 Å². The number of anilines is 3. The number of hydrogen-bond donors (Lipinski definition) is 3. The first-order valence-electron chi connectivity index (χ1n) is 12.8. The van der Waals surface area contributed by atoms with E-state index in [1.54, 1.807) is 12.1 Å². The lowest BCUT2D eigenvalue weighted by atomic mass is 10.1. The zero-order valence-electron chi connectivity index (χ0n) is 20.3. The van der Waals surface area contributed by atoms with Crippen molar-refractivity contribution in [1.29, 1.82) is 0 Å². The Labute approximate surface area is 211 Å². The normalized spacial score (nSPS) is 22.9. The van der Waals surface area contributed by atoms with Crippen LogP contribution in [0.5, 0.6) is 5.75 Å². The third kappa shape index (κ3) is 4.42. The molecule has 3 atom stereocenters. The van der Waals surface area contributed by atoms with E-state index in [1.807, 2.05) is 24.4 Å². The predicted octanol–water partition coefficient (Wildman–Crippen LogP) is 3.18. The first-order valence-corrected chi connectivity index (χ1v) is 12.8. The monoisotopic (exact) mass is 481 g/mol. The first-order chi connectivity index (χ1) is 17.7. The number of benzene rings is 1. The first kappa shape index (κ1) is 22.6. The number of phenols is 1. The van der Waals surface area contributed by atoms with Gasteiger partial charge in [-0.1, -0.05) is 18.1 Å². The molecule has 0 radical (unpaired) electrons. The number of aromatic hydroxyl groups is 1. The minimum Gasteiger partial charge on any atom is -0.507 e. The average Bonchev–Trinajstić information content (AvgIpc) is 3.50. The van der Waals surface area contributed by atoms with Gasteiger partial charge in [0.05, 0.1) is 11.4 Å². The van der Waals surface area contributed by atoms with Crippen molar-refractivity contribution >= 4 is 17.2 Å². The third-order valence-electron chi connectivity index (χ3n) is 7.57.